The van der Waals surface area contributed by atoms with Gasteiger partial charge < -0.3 is 15.0 Å². The fraction of sp³-hybridized carbons (Fsp3) is 0.917. The van der Waals surface area contributed by atoms with Crippen LogP contribution < -0.4 is 5.32 Å². The van der Waals surface area contributed by atoms with Gasteiger partial charge in [-0.15, -0.1) is 0 Å². The van der Waals surface area contributed by atoms with E-state index in [0.29, 0.717) is 11.9 Å². The van der Waals surface area contributed by atoms with Gasteiger partial charge in [0.15, 0.2) is 0 Å². The number of carbonyl (C=O) groups excluding carboxylic acids is 1. The first-order valence-corrected chi connectivity index (χ1v) is 6.12. The lowest BCUT2D eigenvalue weighted by molar-refractivity contribution is -0.135. The number of ether oxygens (including phenoxy) is 1. The molecular weight excluding hydrogens is 204 g/mol. The van der Waals surface area contributed by atoms with E-state index in [-0.39, 0.29) is 5.92 Å². The number of rotatable bonds is 5. The second-order valence-corrected chi connectivity index (χ2v) is 4.68. The van der Waals surface area contributed by atoms with Crippen LogP contribution >= 0.6 is 0 Å². The van der Waals surface area contributed by atoms with E-state index in [1.165, 1.54) is 0 Å². The van der Waals surface area contributed by atoms with Gasteiger partial charge in [0, 0.05) is 39.3 Å². The quantitative estimate of drug-likeness (QED) is 0.710. The Bertz CT molecular complexity index is 221. The standard InChI is InChI=1S/C12H24N2O2/c1-10-9-11(5-6-13-10)12(15)14(2)7-4-8-16-3/h10-11,13H,4-9H2,1-3H3. The van der Waals surface area contributed by atoms with E-state index < -0.39 is 0 Å². The molecule has 2 unspecified atom stereocenters. The molecule has 1 fully saturated rings. The van der Waals surface area contributed by atoms with Crippen LogP contribution in [0.4, 0.5) is 0 Å². The van der Waals surface area contributed by atoms with Crippen molar-refractivity contribution < 1.29 is 9.53 Å². The summed E-state index contributed by atoms with van der Waals surface area (Å²) >= 11 is 0. The molecule has 1 N–H and O–H groups in total. The van der Waals surface area contributed by atoms with E-state index in [2.05, 4.69) is 12.2 Å². The SMILES string of the molecule is COCCCN(C)C(=O)C1CCNC(C)C1. The molecule has 0 saturated carbocycles. The Morgan fingerprint density at radius 1 is 1.56 bits per heavy atom. The molecule has 1 aliphatic heterocycles. The van der Waals surface area contributed by atoms with Gasteiger partial charge in [0.25, 0.3) is 0 Å². The van der Waals surface area contributed by atoms with Crippen molar-refractivity contribution in [3.05, 3.63) is 0 Å². The van der Waals surface area contributed by atoms with Crippen LogP contribution in [0, 0.1) is 5.92 Å². The third-order valence-electron chi connectivity index (χ3n) is 3.19. The summed E-state index contributed by atoms with van der Waals surface area (Å²) in [5, 5.41) is 3.37. The summed E-state index contributed by atoms with van der Waals surface area (Å²) in [7, 11) is 3.58. The highest BCUT2D eigenvalue weighted by Crippen LogP contribution is 2.18. The van der Waals surface area contributed by atoms with E-state index >= 15 is 0 Å². The molecule has 1 rings (SSSR count). The maximum Gasteiger partial charge on any atom is 0.225 e. The first kappa shape index (κ1) is 13.5. The molecule has 16 heavy (non-hydrogen) atoms. The molecule has 1 heterocycles. The molecule has 0 radical (unpaired) electrons. The smallest absolute Gasteiger partial charge is 0.225 e. The van der Waals surface area contributed by atoms with Gasteiger partial charge in [0.2, 0.25) is 5.91 Å². The lowest BCUT2D eigenvalue weighted by Crippen LogP contribution is -2.43. The molecule has 94 valence electrons. The van der Waals surface area contributed by atoms with E-state index in [9.17, 15) is 4.79 Å². The largest absolute Gasteiger partial charge is 0.385 e. The summed E-state index contributed by atoms with van der Waals surface area (Å²) < 4.78 is 4.99. The number of amides is 1. The summed E-state index contributed by atoms with van der Waals surface area (Å²) in [5.41, 5.74) is 0. The molecule has 0 bridgehead atoms. The normalized spacial score (nSPS) is 25.4. The zero-order valence-corrected chi connectivity index (χ0v) is 10.7. The molecular formula is C12H24N2O2. The number of nitrogens with zero attached hydrogens (tertiary/aromatic N) is 1. The number of hydrogen-bond acceptors (Lipinski definition) is 3. The number of methoxy groups -OCH3 is 1. The van der Waals surface area contributed by atoms with Crippen molar-refractivity contribution in [3.63, 3.8) is 0 Å². The van der Waals surface area contributed by atoms with Crippen LogP contribution in [0.1, 0.15) is 26.2 Å². The Labute approximate surface area is 98.3 Å². The third-order valence-corrected chi connectivity index (χ3v) is 3.19. The van der Waals surface area contributed by atoms with Crippen molar-refractivity contribution in [2.45, 2.75) is 32.2 Å². The molecule has 2 atom stereocenters. The molecule has 4 heteroatoms. The average Bonchev–Trinajstić information content (AvgIpc) is 2.28. The number of piperidine rings is 1. The Morgan fingerprint density at radius 2 is 2.31 bits per heavy atom. The van der Waals surface area contributed by atoms with Crippen LogP contribution in [-0.4, -0.2) is 50.7 Å². The Morgan fingerprint density at radius 3 is 2.94 bits per heavy atom. The minimum atomic E-state index is 0.212. The number of carbonyl (C=O) groups is 1. The summed E-state index contributed by atoms with van der Waals surface area (Å²) in [6.45, 7) is 4.62. The van der Waals surface area contributed by atoms with Gasteiger partial charge in [-0.1, -0.05) is 0 Å². The van der Waals surface area contributed by atoms with Crippen molar-refractivity contribution in [1.82, 2.24) is 10.2 Å². The van der Waals surface area contributed by atoms with Gasteiger partial charge in [-0.05, 0) is 32.7 Å². The molecule has 0 aromatic heterocycles. The molecule has 1 saturated heterocycles. The van der Waals surface area contributed by atoms with Gasteiger partial charge in [-0.25, -0.2) is 0 Å². The maximum atomic E-state index is 12.1. The van der Waals surface area contributed by atoms with Crippen LogP contribution in [0.3, 0.4) is 0 Å². The van der Waals surface area contributed by atoms with E-state index in [1.54, 1.807) is 7.11 Å². The van der Waals surface area contributed by atoms with Gasteiger partial charge >= 0.3 is 0 Å². The van der Waals surface area contributed by atoms with Gasteiger partial charge in [0.1, 0.15) is 0 Å². The molecule has 4 nitrogen and oxygen atoms in total. The fourth-order valence-corrected chi connectivity index (χ4v) is 2.22. The molecule has 1 aliphatic rings. The summed E-state index contributed by atoms with van der Waals surface area (Å²) in [4.78, 5) is 13.9. The summed E-state index contributed by atoms with van der Waals surface area (Å²) in [6.07, 6.45) is 2.85. The van der Waals surface area contributed by atoms with E-state index in [0.717, 1.165) is 39.0 Å². The topological polar surface area (TPSA) is 41.6 Å². The summed E-state index contributed by atoms with van der Waals surface area (Å²) in [6, 6.07) is 0.468. The molecule has 0 aromatic rings. The van der Waals surface area contributed by atoms with Crippen molar-refractivity contribution in [3.8, 4) is 0 Å². The van der Waals surface area contributed by atoms with Crippen LogP contribution in [0.5, 0.6) is 0 Å². The Kier molecular flexibility index (Phi) is 5.77. The zero-order valence-electron chi connectivity index (χ0n) is 10.7. The zero-order chi connectivity index (χ0) is 12.0. The monoisotopic (exact) mass is 228 g/mol. The van der Waals surface area contributed by atoms with Gasteiger partial charge in [-0.3, -0.25) is 4.79 Å². The van der Waals surface area contributed by atoms with E-state index in [1.807, 2.05) is 11.9 Å². The number of nitrogens with one attached hydrogen (secondary N) is 1. The lowest BCUT2D eigenvalue weighted by atomic mass is 9.92. The van der Waals surface area contributed by atoms with Gasteiger partial charge in [0.05, 0.1) is 0 Å². The van der Waals surface area contributed by atoms with Crippen molar-refractivity contribution in [1.29, 1.82) is 0 Å². The number of hydrogen-bond donors (Lipinski definition) is 1. The second-order valence-electron chi connectivity index (χ2n) is 4.68. The average molecular weight is 228 g/mol. The Hall–Kier alpha value is -0.610. The van der Waals surface area contributed by atoms with E-state index in [4.69, 9.17) is 4.74 Å². The van der Waals surface area contributed by atoms with Crippen molar-refractivity contribution in [2.75, 3.05) is 33.9 Å². The molecule has 0 spiro atoms. The van der Waals surface area contributed by atoms with Crippen LogP contribution in [0.15, 0.2) is 0 Å². The first-order chi connectivity index (χ1) is 7.65. The lowest BCUT2D eigenvalue weighted by Gasteiger charge is -2.30. The minimum Gasteiger partial charge on any atom is -0.385 e. The van der Waals surface area contributed by atoms with Crippen molar-refractivity contribution in [2.24, 2.45) is 5.92 Å². The summed E-state index contributed by atoms with van der Waals surface area (Å²) in [5.74, 6) is 0.508. The first-order valence-electron chi connectivity index (χ1n) is 6.12. The van der Waals surface area contributed by atoms with Crippen molar-refractivity contribution >= 4 is 5.91 Å². The highest BCUT2D eigenvalue weighted by Gasteiger charge is 2.26. The third kappa shape index (κ3) is 4.10. The molecule has 1 amide bonds. The minimum absolute atomic E-state index is 0.212. The molecule has 0 aliphatic carbocycles. The van der Waals surface area contributed by atoms with Gasteiger partial charge in [-0.2, -0.15) is 0 Å². The second kappa shape index (κ2) is 6.86. The highest BCUT2D eigenvalue weighted by atomic mass is 16.5. The van der Waals surface area contributed by atoms with Crippen LogP contribution in [-0.2, 0) is 9.53 Å². The predicted molar refractivity (Wildman–Crippen MR) is 64.3 cm³/mol. The molecule has 0 aromatic carbocycles. The predicted octanol–water partition coefficient (Wildman–Crippen LogP) is 0.869. The fourth-order valence-electron chi connectivity index (χ4n) is 2.22. The highest BCUT2D eigenvalue weighted by molar-refractivity contribution is 5.78. The van der Waals surface area contributed by atoms with Crippen LogP contribution in [0.25, 0.3) is 0 Å². The Balaban J connectivity index is 2.31. The maximum absolute atomic E-state index is 12.1. The van der Waals surface area contributed by atoms with Crippen LogP contribution in [0.2, 0.25) is 0 Å².